The largest absolute Gasteiger partial charge is 0.447 e. The molecule has 1 aromatic rings. The van der Waals surface area contributed by atoms with Gasteiger partial charge in [0.1, 0.15) is 6.61 Å². The predicted octanol–water partition coefficient (Wildman–Crippen LogP) is 4.24. The molecule has 0 aromatic heterocycles. The van der Waals surface area contributed by atoms with Crippen molar-refractivity contribution >= 4 is 35.4 Å². The third kappa shape index (κ3) is 5.97. The monoisotopic (exact) mass is 461 g/mol. The Kier molecular flexibility index (Phi) is 8.45. The molecule has 2 unspecified atom stereocenters. The molecule has 176 valence electrons. The second-order valence-electron chi connectivity index (χ2n) is 8.95. The van der Waals surface area contributed by atoms with Crippen molar-refractivity contribution in [1.29, 1.82) is 0 Å². The summed E-state index contributed by atoms with van der Waals surface area (Å²) in [7, 11) is 0. The Hall–Kier alpha value is -2.22. The number of piperidine rings is 1. The van der Waals surface area contributed by atoms with Crippen molar-refractivity contribution in [2.24, 2.45) is 5.92 Å². The van der Waals surface area contributed by atoms with Gasteiger partial charge in [-0.05, 0) is 48.3 Å². The van der Waals surface area contributed by atoms with Crippen molar-refractivity contribution in [2.45, 2.75) is 64.3 Å². The third-order valence-corrected chi connectivity index (χ3v) is 7.45. The zero-order valence-electron chi connectivity index (χ0n) is 19.5. The van der Waals surface area contributed by atoms with E-state index < -0.39 is 0 Å². The smallest absolute Gasteiger partial charge is 0.410 e. The molecule has 0 bridgehead atoms. The molecule has 0 spiro atoms. The van der Waals surface area contributed by atoms with Gasteiger partial charge in [-0.25, -0.2) is 4.79 Å². The highest BCUT2D eigenvalue weighted by Gasteiger charge is 2.41. The highest BCUT2D eigenvalue weighted by Crippen LogP contribution is 2.29. The van der Waals surface area contributed by atoms with E-state index >= 15 is 0 Å². The van der Waals surface area contributed by atoms with Gasteiger partial charge in [-0.1, -0.05) is 34.1 Å². The van der Waals surface area contributed by atoms with E-state index in [-0.39, 0.29) is 30.0 Å². The molecule has 2 heterocycles. The first-order valence-corrected chi connectivity index (χ1v) is 12.6. The number of ether oxygens (including phenoxy) is 1. The Bertz CT molecular complexity index is 806. The van der Waals surface area contributed by atoms with Gasteiger partial charge in [0.25, 0.3) is 5.91 Å². The molecule has 2 saturated heterocycles. The molecule has 2 fully saturated rings. The minimum Gasteiger partial charge on any atom is -0.447 e. The lowest BCUT2D eigenvalue weighted by Gasteiger charge is -2.39. The number of amides is 3. The minimum absolute atomic E-state index is 0.0147. The van der Waals surface area contributed by atoms with Crippen LogP contribution < -0.4 is 5.32 Å². The molecule has 2 aliphatic heterocycles. The number of hydrogen-bond donors (Lipinski definition) is 1. The summed E-state index contributed by atoms with van der Waals surface area (Å²) < 4.78 is 5.34. The molecule has 1 aromatic carbocycles. The second-order valence-corrected chi connectivity index (χ2v) is 10.5. The van der Waals surface area contributed by atoms with Crippen molar-refractivity contribution in [3.05, 3.63) is 29.8 Å². The number of nitrogens with one attached hydrogen (secondary N) is 1. The van der Waals surface area contributed by atoms with Crippen molar-refractivity contribution < 1.29 is 19.1 Å². The Morgan fingerprint density at radius 2 is 1.81 bits per heavy atom. The molecule has 3 amide bonds. The molecule has 3 rings (SSSR count). The zero-order chi connectivity index (χ0) is 23.3. The fraction of sp³-hybridized carbons (Fsp3) is 0.625. The van der Waals surface area contributed by atoms with Gasteiger partial charge in [0.05, 0.1) is 11.8 Å². The van der Waals surface area contributed by atoms with Crippen LogP contribution >= 0.6 is 11.8 Å². The van der Waals surface area contributed by atoms with Crippen LogP contribution in [0.5, 0.6) is 0 Å². The summed E-state index contributed by atoms with van der Waals surface area (Å²) >= 11 is 1.59. The number of benzene rings is 1. The number of carbonyl (C=O) groups is 3. The summed E-state index contributed by atoms with van der Waals surface area (Å²) in [5.74, 6) is 0.750. The van der Waals surface area contributed by atoms with Crippen LogP contribution in [0.3, 0.4) is 0 Å². The van der Waals surface area contributed by atoms with Gasteiger partial charge in [0.15, 0.2) is 0 Å². The van der Waals surface area contributed by atoms with Crippen LogP contribution in [0.4, 0.5) is 10.5 Å². The van der Waals surface area contributed by atoms with Crippen LogP contribution in [0.1, 0.15) is 57.3 Å². The van der Waals surface area contributed by atoms with E-state index in [1.165, 1.54) is 0 Å². The number of hydrogen-bond acceptors (Lipinski definition) is 5. The number of cyclic esters (lactones) is 1. The molecular formula is C24H35N3O4S. The molecule has 2 atom stereocenters. The highest BCUT2D eigenvalue weighted by atomic mass is 32.2. The average molecular weight is 462 g/mol. The van der Waals surface area contributed by atoms with Crippen LogP contribution in [-0.2, 0) is 9.53 Å². The van der Waals surface area contributed by atoms with Gasteiger partial charge in [-0.3, -0.25) is 14.5 Å². The van der Waals surface area contributed by atoms with E-state index in [4.69, 9.17) is 4.74 Å². The van der Waals surface area contributed by atoms with Gasteiger partial charge in [0.2, 0.25) is 5.91 Å². The maximum atomic E-state index is 13.0. The summed E-state index contributed by atoms with van der Waals surface area (Å²) in [5.41, 5.74) is 1.30. The summed E-state index contributed by atoms with van der Waals surface area (Å²) in [4.78, 5) is 41.0. The van der Waals surface area contributed by atoms with Crippen LogP contribution in [0.15, 0.2) is 24.3 Å². The molecule has 7 nitrogen and oxygen atoms in total. The zero-order valence-corrected chi connectivity index (χ0v) is 20.3. The number of carbonyl (C=O) groups excluding carboxylic acids is 3. The first-order valence-electron chi connectivity index (χ1n) is 11.6. The molecular weight excluding hydrogens is 426 g/mol. The fourth-order valence-electron chi connectivity index (χ4n) is 4.24. The van der Waals surface area contributed by atoms with Gasteiger partial charge in [0, 0.05) is 30.4 Å². The van der Waals surface area contributed by atoms with Crippen LogP contribution in [0, 0.1) is 5.92 Å². The van der Waals surface area contributed by atoms with E-state index in [1.807, 2.05) is 9.80 Å². The van der Waals surface area contributed by atoms with E-state index in [0.29, 0.717) is 47.9 Å². The predicted molar refractivity (Wildman–Crippen MR) is 128 cm³/mol. The van der Waals surface area contributed by atoms with Gasteiger partial charge in [-0.2, -0.15) is 0 Å². The van der Waals surface area contributed by atoms with E-state index in [0.717, 1.165) is 19.3 Å². The molecule has 0 radical (unpaired) electrons. The fourth-order valence-corrected chi connectivity index (χ4v) is 4.80. The number of thioether (sulfide) groups is 1. The Morgan fingerprint density at radius 1 is 1.16 bits per heavy atom. The van der Waals surface area contributed by atoms with Crippen molar-refractivity contribution in [2.75, 3.05) is 30.8 Å². The third-order valence-electron chi connectivity index (χ3n) is 6.35. The van der Waals surface area contributed by atoms with Gasteiger partial charge >= 0.3 is 6.09 Å². The number of rotatable bonds is 8. The molecule has 1 N–H and O–H groups in total. The molecule has 0 saturated carbocycles. The number of nitrogens with zero attached hydrogens (tertiary/aromatic N) is 2. The first kappa shape index (κ1) is 24.4. The molecule has 2 aliphatic rings. The summed E-state index contributed by atoms with van der Waals surface area (Å²) in [6.07, 6.45) is 2.30. The SMILES string of the molecule is CCC(C)C1COC(=O)N1C1CCN(C(=O)c2ccc(NC(=O)CSC(C)C)cc2)CC1. The lowest BCUT2D eigenvalue weighted by atomic mass is 9.95. The van der Waals surface area contributed by atoms with Crippen LogP contribution in [-0.4, -0.2) is 70.5 Å². The van der Waals surface area contributed by atoms with Crippen molar-refractivity contribution in [3.63, 3.8) is 0 Å². The summed E-state index contributed by atoms with van der Waals surface area (Å²) in [6.45, 7) is 10.1. The van der Waals surface area contributed by atoms with Crippen LogP contribution in [0.2, 0.25) is 0 Å². The number of anilines is 1. The van der Waals surface area contributed by atoms with E-state index in [2.05, 4.69) is 33.0 Å². The van der Waals surface area contributed by atoms with Gasteiger partial charge < -0.3 is 15.0 Å². The Labute approximate surface area is 195 Å². The topological polar surface area (TPSA) is 79.0 Å². The summed E-state index contributed by atoms with van der Waals surface area (Å²) in [6, 6.07) is 7.31. The highest BCUT2D eigenvalue weighted by molar-refractivity contribution is 8.00. The van der Waals surface area contributed by atoms with Crippen LogP contribution in [0.25, 0.3) is 0 Å². The standard InChI is InChI=1S/C24H35N3O4S/c1-5-17(4)21-14-31-24(30)27(21)20-10-12-26(13-11-20)23(29)18-6-8-19(9-7-18)25-22(28)15-32-16(2)3/h6-9,16-17,20-21H,5,10-15H2,1-4H3,(H,25,28). The molecule has 32 heavy (non-hydrogen) atoms. The Balaban J connectivity index is 1.53. The lowest BCUT2D eigenvalue weighted by molar-refractivity contribution is -0.113. The van der Waals surface area contributed by atoms with Crippen molar-refractivity contribution in [3.8, 4) is 0 Å². The van der Waals surface area contributed by atoms with E-state index in [1.54, 1.807) is 36.0 Å². The second kappa shape index (κ2) is 11.1. The van der Waals surface area contributed by atoms with E-state index in [9.17, 15) is 14.4 Å². The molecule has 8 heteroatoms. The maximum absolute atomic E-state index is 13.0. The first-order chi connectivity index (χ1) is 15.3. The summed E-state index contributed by atoms with van der Waals surface area (Å²) in [5, 5.41) is 3.27. The number of likely N-dealkylation sites (tertiary alicyclic amines) is 1. The Morgan fingerprint density at radius 3 is 2.41 bits per heavy atom. The maximum Gasteiger partial charge on any atom is 0.410 e. The molecule has 0 aliphatic carbocycles. The quantitative estimate of drug-likeness (QED) is 0.627. The normalized spacial score (nSPS) is 20.4. The van der Waals surface area contributed by atoms with Crippen molar-refractivity contribution in [1.82, 2.24) is 9.80 Å². The lowest BCUT2D eigenvalue weighted by Crippen LogP contribution is -2.51. The minimum atomic E-state index is -0.218. The average Bonchev–Trinajstić information content (AvgIpc) is 3.18. The van der Waals surface area contributed by atoms with Gasteiger partial charge in [-0.15, -0.1) is 11.8 Å².